The second-order valence-corrected chi connectivity index (χ2v) is 8.52. The Morgan fingerprint density at radius 3 is 2.56 bits per heavy atom. The third-order valence-corrected chi connectivity index (χ3v) is 6.42. The summed E-state index contributed by atoms with van der Waals surface area (Å²) in [7, 11) is 3.46. The van der Waals surface area contributed by atoms with Crippen LogP contribution in [-0.2, 0) is 4.79 Å². The Hall–Kier alpha value is -3.46. The van der Waals surface area contributed by atoms with Crippen LogP contribution in [0.25, 0.3) is 16.0 Å². The molecule has 1 N–H and O–H groups in total. The molecule has 9 heteroatoms. The number of aryl methyl sites for hydroxylation is 1. The van der Waals surface area contributed by atoms with Crippen molar-refractivity contribution in [3.05, 3.63) is 65.6 Å². The van der Waals surface area contributed by atoms with Crippen LogP contribution in [0.2, 0.25) is 0 Å². The number of amides is 1. The first-order chi connectivity index (χ1) is 15.4. The van der Waals surface area contributed by atoms with Crippen molar-refractivity contribution < 1.29 is 13.9 Å². The van der Waals surface area contributed by atoms with Gasteiger partial charge in [0.2, 0.25) is 5.91 Å². The molecule has 1 unspecified atom stereocenters. The number of carbonyl (C=O) groups is 1. The lowest BCUT2D eigenvalue weighted by Gasteiger charge is -2.18. The summed E-state index contributed by atoms with van der Waals surface area (Å²) in [4.78, 5) is 19.1. The van der Waals surface area contributed by atoms with Gasteiger partial charge in [-0.15, -0.1) is 0 Å². The summed E-state index contributed by atoms with van der Waals surface area (Å²) in [6, 6.07) is 13.5. The molecule has 4 rings (SSSR count). The number of hydrogen-bond donors (Lipinski definition) is 1. The number of fused-ring (bicyclic) bond motifs is 1. The standard InChI is InChI=1S/C23H24FN5O2S/c1-14(16-5-7-17(24)8-6-16)25-20(30)13-28(3)23-26-22-21(32-23)15(2)27-29(22)18-9-11-19(31-4)12-10-18/h5-12,14H,13H2,1-4H3,(H,25,30). The van der Waals surface area contributed by atoms with Crippen molar-refractivity contribution in [2.24, 2.45) is 0 Å². The number of thiazole rings is 1. The number of nitrogens with one attached hydrogen (secondary N) is 1. The van der Waals surface area contributed by atoms with E-state index in [1.54, 1.807) is 23.9 Å². The molecule has 0 fully saturated rings. The van der Waals surface area contributed by atoms with Crippen LogP contribution < -0.4 is 15.0 Å². The number of halogens is 1. The van der Waals surface area contributed by atoms with Crippen LogP contribution >= 0.6 is 11.3 Å². The van der Waals surface area contributed by atoms with Crippen LogP contribution in [0.3, 0.4) is 0 Å². The molecule has 0 saturated heterocycles. The van der Waals surface area contributed by atoms with E-state index in [2.05, 4.69) is 10.4 Å². The predicted molar refractivity (Wildman–Crippen MR) is 124 cm³/mol. The van der Waals surface area contributed by atoms with E-state index < -0.39 is 0 Å². The number of benzene rings is 2. The zero-order valence-corrected chi connectivity index (χ0v) is 19.1. The van der Waals surface area contributed by atoms with E-state index >= 15 is 0 Å². The Morgan fingerprint density at radius 2 is 1.91 bits per heavy atom. The molecule has 32 heavy (non-hydrogen) atoms. The van der Waals surface area contributed by atoms with Gasteiger partial charge in [0, 0.05) is 7.05 Å². The molecule has 4 aromatic rings. The molecule has 0 aliphatic carbocycles. The maximum absolute atomic E-state index is 13.1. The monoisotopic (exact) mass is 453 g/mol. The summed E-state index contributed by atoms with van der Waals surface area (Å²) in [6.45, 7) is 3.97. The summed E-state index contributed by atoms with van der Waals surface area (Å²) in [5, 5.41) is 8.29. The van der Waals surface area contributed by atoms with Crippen molar-refractivity contribution in [1.29, 1.82) is 0 Å². The molecule has 0 saturated carbocycles. The van der Waals surface area contributed by atoms with Gasteiger partial charge in [0.15, 0.2) is 10.8 Å². The molecule has 0 radical (unpaired) electrons. The van der Waals surface area contributed by atoms with Crippen LogP contribution in [0.15, 0.2) is 48.5 Å². The van der Waals surface area contributed by atoms with E-state index in [-0.39, 0.29) is 24.3 Å². The maximum atomic E-state index is 13.1. The average molecular weight is 454 g/mol. The van der Waals surface area contributed by atoms with Crippen LogP contribution in [0, 0.1) is 12.7 Å². The van der Waals surface area contributed by atoms with E-state index in [4.69, 9.17) is 9.72 Å². The first-order valence-electron chi connectivity index (χ1n) is 10.1. The molecule has 1 atom stereocenters. The van der Waals surface area contributed by atoms with Crippen molar-refractivity contribution in [1.82, 2.24) is 20.1 Å². The Kier molecular flexibility index (Phi) is 6.09. The third-order valence-electron chi connectivity index (χ3n) is 5.15. The Balaban J connectivity index is 1.49. The van der Waals surface area contributed by atoms with Gasteiger partial charge in [-0.1, -0.05) is 23.5 Å². The Labute approximate surface area is 189 Å². The van der Waals surface area contributed by atoms with E-state index in [0.717, 1.165) is 38.2 Å². The van der Waals surface area contributed by atoms with E-state index in [9.17, 15) is 9.18 Å². The number of anilines is 1. The number of nitrogens with zero attached hydrogens (tertiary/aromatic N) is 4. The number of rotatable bonds is 7. The summed E-state index contributed by atoms with van der Waals surface area (Å²) in [5.41, 5.74) is 3.36. The highest BCUT2D eigenvalue weighted by molar-refractivity contribution is 7.22. The third kappa shape index (κ3) is 4.43. The summed E-state index contributed by atoms with van der Waals surface area (Å²) >= 11 is 1.50. The molecule has 0 bridgehead atoms. The SMILES string of the molecule is COc1ccc(-n2nc(C)c3sc(N(C)CC(=O)NC(C)c4ccc(F)cc4)nc32)cc1. The van der Waals surface area contributed by atoms with Gasteiger partial charge in [-0.2, -0.15) is 10.1 Å². The quantitative estimate of drug-likeness (QED) is 0.453. The molecular formula is C23H24FN5O2S. The topological polar surface area (TPSA) is 72.3 Å². The molecular weight excluding hydrogens is 429 g/mol. The Bertz CT molecular complexity index is 1230. The zero-order valence-electron chi connectivity index (χ0n) is 18.3. The number of aromatic nitrogens is 3. The number of carbonyl (C=O) groups excluding carboxylic acids is 1. The maximum Gasteiger partial charge on any atom is 0.240 e. The Morgan fingerprint density at radius 1 is 1.22 bits per heavy atom. The molecule has 0 aliphatic heterocycles. The zero-order chi connectivity index (χ0) is 22.8. The highest BCUT2D eigenvalue weighted by Crippen LogP contribution is 2.32. The molecule has 0 aliphatic rings. The average Bonchev–Trinajstić information content (AvgIpc) is 3.35. The minimum atomic E-state index is -0.300. The number of likely N-dealkylation sites (N-methyl/N-ethyl adjacent to an activating group) is 1. The fraction of sp³-hybridized carbons (Fsp3) is 0.261. The molecule has 7 nitrogen and oxygen atoms in total. The highest BCUT2D eigenvalue weighted by Gasteiger charge is 2.19. The second-order valence-electron chi connectivity index (χ2n) is 7.54. The van der Waals surface area contributed by atoms with Crippen LogP contribution in [0.4, 0.5) is 9.52 Å². The smallest absolute Gasteiger partial charge is 0.240 e. The van der Waals surface area contributed by atoms with Crippen molar-refractivity contribution >= 4 is 32.7 Å². The van der Waals surface area contributed by atoms with Crippen molar-refractivity contribution in [2.75, 3.05) is 25.6 Å². The van der Waals surface area contributed by atoms with Gasteiger partial charge in [0.25, 0.3) is 0 Å². The number of methoxy groups -OCH3 is 1. The van der Waals surface area contributed by atoms with Gasteiger partial charge >= 0.3 is 0 Å². The lowest BCUT2D eigenvalue weighted by Crippen LogP contribution is -2.36. The normalized spacial score (nSPS) is 12.0. The van der Waals surface area contributed by atoms with Gasteiger partial charge in [-0.25, -0.2) is 9.07 Å². The highest BCUT2D eigenvalue weighted by atomic mass is 32.1. The van der Waals surface area contributed by atoms with Crippen molar-refractivity contribution in [3.8, 4) is 11.4 Å². The van der Waals surface area contributed by atoms with Gasteiger partial charge in [-0.3, -0.25) is 4.79 Å². The van der Waals surface area contributed by atoms with Crippen molar-refractivity contribution in [2.45, 2.75) is 19.9 Å². The van der Waals surface area contributed by atoms with Crippen LogP contribution in [0.5, 0.6) is 5.75 Å². The summed E-state index contributed by atoms with van der Waals surface area (Å²) in [6.07, 6.45) is 0. The fourth-order valence-electron chi connectivity index (χ4n) is 3.39. The van der Waals surface area contributed by atoms with Crippen LogP contribution in [0.1, 0.15) is 24.2 Å². The second kappa shape index (κ2) is 8.96. The largest absolute Gasteiger partial charge is 0.497 e. The van der Waals surface area contributed by atoms with Crippen molar-refractivity contribution in [3.63, 3.8) is 0 Å². The van der Waals surface area contributed by atoms with Gasteiger partial charge in [0.1, 0.15) is 11.6 Å². The minimum Gasteiger partial charge on any atom is -0.497 e. The first kappa shape index (κ1) is 21.8. The molecule has 0 spiro atoms. The molecule has 2 heterocycles. The molecule has 2 aromatic heterocycles. The van der Waals surface area contributed by atoms with E-state index in [0.29, 0.717) is 0 Å². The predicted octanol–water partition coefficient (Wildman–Crippen LogP) is 4.25. The summed E-state index contributed by atoms with van der Waals surface area (Å²) in [5.74, 6) is 0.330. The van der Waals surface area contributed by atoms with Gasteiger partial charge in [-0.05, 0) is 55.8 Å². The van der Waals surface area contributed by atoms with E-state index in [1.807, 2.05) is 50.1 Å². The number of ether oxygens (including phenoxy) is 1. The molecule has 166 valence electrons. The first-order valence-corrected chi connectivity index (χ1v) is 10.9. The van der Waals surface area contributed by atoms with Gasteiger partial charge in [0.05, 0.1) is 35.8 Å². The number of hydrogen-bond acceptors (Lipinski definition) is 6. The van der Waals surface area contributed by atoms with Gasteiger partial charge < -0.3 is 15.0 Å². The lowest BCUT2D eigenvalue weighted by molar-refractivity contribution is -0.120. The molecule has 1 amide bonds. The summed E-state index contributed by atoms with van der Waals surface area (Å²) < 4.78 is 21.1. The van der Waals surface area contributed by atoms with Crippen LogP contribution in [-0.4, -0.2) is 41.4 Å². The fourth-order valence-corrected chi connectivity index (χ4v) is 4.34. The van der Waals surface area contributed by atoms with E-state index in [1.165, 1.54) is 23.5 Å². The molecule has 2 aromatic carbocycles. The minimum absolute atomic E-state index is 0.142. The lowest BCUT2D eigenvalue weighted by atomic mass is 10.1.